The predicted octanol–water partition coefficient (Wildman–Crippen LogP) is 0.711. The SMILES string of the molecule is C[C@@H](/C=N\NC(=O)c1nnn(-c2nonc2N)c1C[NH+]1CCCCCC1)c1ccccc1. The number of quaternary nitrogens is 1. The van der Waals surface area contributed by atoms with Crippen LogP contribution >= 0.6 is 0 Å². The zero-order valence-corrected chi connectivity index (χ0v) is 18.1. The fraction of sp³-hybridized carbons (Fsp3) is 0.429. The van der Waals surface area contributed by atoms with Crippen molar-refractivity contribution in [3.63, 3.8) is 0 Å². The van der Waals surface area contributed by atoms with Gasteiger partial charge in [-0.1, -0.05) is 42.5 Å². The van der Waals surface area contributed by atoms with Gasteiger partial charge < -0.3 is 10.6 Å². The number of carbonyl (C=O) groups is 1. The largest absolute Gasteiger partial charge is 0.378 e. The first-order chi connectivity index (χ1) is 15.6. The van der Waals surface area contributed by atoms with Crippen LogP contribution in [-0.4, -0.2) is 50.5 Å². The number of carbonyl (C=O) groups excluding carboxylic acids is 1. The van der Waals surface area contributed by atoms with Crippen molar-refractivity contribution in [2.24, 2.45) is 5.10 Å². The number of aromatic nitrogens is 5. The van der Waals surface area contributed by atoms with Crippen LogP contribution in [0.3, 0.4) is 0 Å². The lowest BCUT2D eigenvalue weighted by Crippen LogP contribution is -3.10. The fourth-order valence-electron chi connectivity index (χ4n) is 3.89. The highest BCUT2D eigenvalue weighted by molar-refractivity contribution is 5.93. The Balaban J connectivity index is 1.54. The van der Waals surface area contributed by atoms with Crippen molar-refractivity contribution < 1.29 is 14.3 Å². The van der Waals surface area contributed by atoms with E-state index in [1.807, 2.05) is 37.3 Å². The lowest BCUT2D eigenvalue weighted by atomic mass is 10.0. The molecule has 168 valence electrons. The second kappa shape index (κ2) is 10.1. The maximum atomic E-state index is 12.9. The highest BCUT2D eigenvalue weighted by Crippen LogP contribution is 2.16. The van der Waals surface area contributed by atoms with Crippen LogP contribution < -0.4 is 16.1 Å². The summed E-state index contributed by atoms with van der Waals surface area (Å²) in [6, 6.07) is 9.94. The summed E-state index contributed by atoms with van der Waals surface area (Å²) in [4.78, 5) is 14.3. The third kappa shape index (κ3) is 4.99. The van der Waals surface area contributed by atoms with Crippen molar-refractivity contribution in [1.82, 2.24) is 30.7 Å². The number of nitrogens with one attached hydrogen (secondary N) is 2. The molecule has 0 spiro atoms. The van der Waals surface area contributed by atoms with E-state index in [1.165, 1.54) is 22.4 Å². The number of hydrogen-bond acceptors (Lipinski definition) is 8. The van der Waals surface area contributed by atoms with Crippen molar-refractivity contribution in [2.45, 2.75) is 45.1 Å². The molecule has 0 saturated carbocycles. The Hall–Kier alpha value is -3.60. The minimum atomic E-state index is -0.438. The highest BCUT2D eigenvalue weighted by atomic mass is 16.6. The smallest absolute Gasteiger partial charge is 0.294 e. The van der Waals surface area contributed by atoms with E-state index in [9.17, 15) is 4.79 Å². The molecule has 0 radical (unpaired) electrons. The number of nitrogens with zero attached hydrogens (tertiary/aromatic N) is 6. The summed E-state index contributed by atoms with van der Waals surface area (Å²) in [5.74, 6) is -0.0770. The highest BCUT2D eigenvalue weighted by Gasteiger charge is 2.27. The summed E-state index contributed by atoms with van der Waals surface area (Å²) < 4.78 is 6.16. The molecule has 3 heterocycles. The third-order valence-electron chi connectivity index (χ3n) is 5.69. The second-order valence-corrected chi connectivity index (χ2v) is 8.03. The molecular weight excluding hydrogens is 410 g/mol. The molecular formula is C21H28N9O2+. The topological polar surface area (TPSA) is 142 Å². The van der Waals surface area contributed by atoms with Gasteiger partial charge in [-0.3, -0.25) is 4.79 Å². The van der Waals surface area contributed by atoms with Crippen LogP contribution in [0.15, 0.2) is 40.1 Å². The summed E-state index contributed by atoms with van der Waals surface area (Å²) in [5, 5.41) is 19.8. The zero-order chi connectivity index (χ0) is 22.3. The van der Waals surface area contributed by atoms with E-state index in [0.717, 1.165) is 31.5 Å². The molecule has 11 heteroatoms. The molecule has 1 amide bonds. The summed E-state index contributed by atoms with van der Waals surface area (Å²) in [6.45, 7) is 4.61. The number of nitrogens with two attached hydrogens (primary N) is 1. The van der Waals surface area contributed by atoms with Gasteiger partial charge in [0.1, 0.15) is 12.2 Å². The molecule has 4 rings (SSSR count). The molecule has 1 saturated heterocycles. The first-order valence-electron chi connectivity index (χ1n) is 10.9. The van der Waals surface area contributed by atoms with Gasteiger partial charge in [0, 0.05) is 12.1 Å². The number of likely N-dealkylation sites (tertiary alicyclic amines) is 1. The van der Waals surface area contributed by atoms with Gasteiger partial charge in [-0.05, 0) is 41.6 Å². The lowest BCUT2D eigenvalue weighted by Gasteiger charge is -2.17. The molecule has 1 aromatic carbocycles. The Labute approximate surface area is 185 Å². The van der Waals surface area contributed by atoms with Crippen LogP contribution in [0.5, 0.6) is 0 Å². The van der Waals surface area contributed by atoms with E-state index in [0.29, 0.717) is 12.2 Å². The van der Waals surface area contributed by atoms with Crippen LogP contribution in [0, 0.1) is 0 Å². The quantitative estimate of drug-likeness (QED) is 0.364. The maximum Gasteiger partial charge on any atom is 0.294 e. The molecule has 1 aliphatic rings. The van der Waals surface area contributed by atoms with Crippen LogP contribution in [0.4, 0.5) is 5.82 Å². The number of hydrogen-bond donors (Lipinski definition) is 3. The first-order valence-corrected chi connectivity index (χ1v) is 10.9. The van der Waals surface area contributed by atoms with Crippen molar-refractivity contribution in [2.75, 3.05) is 18.8 Å². The zero-order valence-electron chi connectivity index (χ0n) is 18.1. The number of amides is 1. The van der Waals surface area contributed by atoms with Gasteiger partial charge in [-0.15, -0.1) is 5.10 Å². The predicted molar refractivity (Wildman–Crippen MR) is 117 cm³/mol. The summed E-state index contributed by atoms with van der Waals surface area (Å²) in [5.41, 5.74) is 10.3. The second-order valence-electron chi connectivity index (χ2n) is 8.03. The Kier molecular flexibility index (Phi) is 6.85. The molecule has 32 heavy (non-hydrogen) atoms. The Morgan fingerprint density at radius 3 is 2.69 bits per heavy atom. The number of hydrazone groups is 1. The van der Waals surface area contributed by atoms with Crippen LogP contribution in [0.25, 0.3) is 5.82 Å². The van der Waals surface area contributed by atoms with E-state index < -0.39 is 5.91 Å². The Morgan fingerprint density at radius 1 is 1.25 bits per heavy atom. The van der Waals surface area contributed by atoms with Gasteiger partial charge in [-0.25, -0.2) is 10.1 Å². The molecule has 0 unspecified atom stereocenters. The molecule has 0 aliphatic carbocycles. The number of anilines is 1. The molecule has 1 atom stereocenters. The van der Waals surface area contributed by atoms with E-state index in [1.54, 1.807) is 6.21 Å². The van der Waals surface area contributed by atoms with Crippen LogP contribution in [0.2, 0.25) is 0 Å². The molecule has 2 aromatic heterocycles. The number of rotatable bonds is 7. The molecule has 1 aliphatic heterocycles. The third-order valence-corrected chi connectivity index (χ3v) is 5.69. The van der Waals surface area contributed by atoms with E-state index in [-0.39, 0.29) is 23.2 Å². The minimum absolute atomic E-state index is 0.0502. The van der Waals surface area contributed by atoms with Crippen molar-refractivity contribution in [3.05, 3.63) is 47.3 Å². The number of benzene rings is 1. The normalized spacial score (nSPS) is 16.2. The Morgan fingerprint density at radius 2 is 2.00 bits per heavy atom. The van der Waals surface area contributed by atoms with Gasteiger partial charge in [0.15, 0.2) is 5.69 Å². The maximum absolute atomic E-state index is 12.9. The van der Waals surface area contributed by atoms with Gasteiger partial charge in [-0.2, -0.15) is 9.78 Å². The Bertz CT molecular complexity index is 1050. The number of nitrogen functional groups attached to an aromatic ring is 1. The van der Waals surface area contributed by atoms with Crippen LogP contribution in [0.1, 0.15) is 60.3 Å². The van der Waals surface area contributed by atoms with Crippen molar-refractivity contribution in [1.29, 1.82) is 0 Å². The lowest BCUT2D eigenvalue weighted by molar-refractivity contribution is -0.913. The summed E-state index contributed by atoms with van der Waals surface area (Å²) in [6.07, 6.45) is 6.43. The average Bonchev–Trinajstić information content (AvgIpc) is 3.31. The van der Waals surface area contributed by atoms with Crippen molar-refractivity contribution >= 4 is 17.9 Å². The molecule has 0 bridgehead atoms. The van der Waals surface area contributed by atoms with E-state index in [4.69, 9.17) is 10.4 Å². The summed E-state index contributed by atoms with van der Waals surface area (Å²) in [7, 11) is 0. The fourth-order valence-corrected chi connectivity index (χ4v) is 3.89. The van der Waals surface area contributed by atoms with Crippen molar-refractivity contribution in [3.8, 4) is 5.82 Å². The van der Waals surface area contributed by atoms with Gasteiger partial charge in [0.05, 0.1) is 13.1 Å². The summed E-state index contributed by atoms with van der Waals surface area (Å²) >= 11 is 0. The van der Waals surface area contributed by atoms with Gasteiger partial charge >= 0.3 is 0 Å². The molecule has 3 aromatic rings. The standard InChI is InChI=1S/C21H27N9O2/c1-15(16-9-5-4-6-10-16)13-23-25-21(31)18-17(14-29-11-7-2-3-8-12-29)30(28-24-18)20-19(22)26-32-27-20/h4-6,9-10,13,15H,2-3,7-8,11-12,14H2,1H3,(H2,22,26)(H,25,31)/p+1/b23-13-/t15-/m0/s1. The monoisotopic (exact) mass is 438 g/mol. The van der Waals surface area contributed by atoms with E-state index >= 15 is 0 Å². The minimum Gasteiger partial charge on any atom is -0.378 e. The van der Waals surface area contributed by atoms with Gasteiger partial charge in [0.2, 0.25) is 11.6 Å². The first kappa shape index (κ1) is 21.6. The average molecular weight is 439 g/mol. The molecule has 1 fully saturated rings. The molecule has 4 N–H and O–H groups in total. The van der Waals surface area contributed by atoms with Gasteiger partial charge in [0.25, 0.3) is 5.91 Å². The molecule has 11 nitrogen and oxygen atoms in total. The van der Waals surface area contributed by atoms with E-state index in [2.05, 4.69) is 31.2 Å². The van der Waals surface area contributed by atoms with Crippen LogP contribution in [-0.2, 0) is 6.54 Å².